The van der Waals surface area contributed by atoms with Gasteiger partial charge in [-0.05, 0) is 30.2 Å². The van der Waals surface area contributed by atoms with Crippen LogP contribution >= 0.6 is 0 Å². The number of amides is 1. The molecule has 1 aromatic carbocycles. The number of aromatic amines is 1. The lowest BCUT2D eigenvalue weighted by molar-refractivity contribution is 0.155. The number of H-pyrrole nitrogens is 1. The standard InChI is InChI=1S/C20H20N4O2/c25-20(26-13-14-4-2-1-3-5-14)24-16-10-17-18(12-23-19(17)22-11-16)15-6-8-21-9-7-15/h1-6,10-12,21H,7-9,13H2,(H,22,23)(H,24,25). The zero-order chi connectivity index (χ0) is 17.8. The molecule has 0 saturated carbocycles. The van der Waals surface area contributed by atoms with E-state index in [0.29, 0.717) is 5.69 Å². The monoisotopic (exact) mass is 348 g/mol. The Morgan fingerprint density at radius 1 is 1.27 bits per heavy atom. The second kappa shape index (κ2) is 7.41. The van der Waals surface area contributed by atoms with Crippen LogP contribution in [0.2, 0.25) is 0 Å². The van der Waals surface area contributed by atoms with Gasteiger partial charge in [0.1, 0.15) is 12.3 Å². The Morgan fingerprint density at radius 3 is 2.96 bits per heavy atom. The minimum absolute atomic E-state index is 0.234. The molecular weight excluding hydrogens is 328 g/mol. The fraction of sp³-hybridized carbons (Fsp3) is 0.200. The van der Waals surface area contributed by atoms with E-state index < -0.39 is 6.09 Å². The molecule has 1 aliphatic rings. The maximum Gasteiger partial charge on any atom is 0.412 e. The lowest BCUT2D eigenvalue weighted by atomic mass is 10.0. The average molecular weight is 348 g/mol. The number of pyridine rings is 1. The van der Waals surface area contributed by atoms with E-state index in [1.807, 2.05) is 42.6 Å². The summed E-state index contributed by atoms with van der Waals surface area (Å²) in [5.74, 6) is 0. The zero-order valence-electron chi connectivity index (χ0n) is 14.3. The smallest absolute Gasteiger partial charge is 0.412 e. The molecule has 3 heterocycles. The van der Waals surface area contributed by atoms with Crippen LogP contribution in [0.15, 0.2) is 54.9 Å². The van der Waals surface area contributed by atoms with Crippen LogP contribution < -0.4 is 10.6 Å². The van der Waals surface area contributed by atoms with Gasteiger partial charge >= 0.3 is 6.09 Å². The van der Waals surface area contributed by atoms with Crippen molar-refractivity contribution in [3.63, 3.8) is 0 Å². The summed E-state index contributed by atoms with van der Waals surface area (Å²) < 4.78 is 5.27. The fourth-order valence-corrected chi connectivity index (χ4v) is 3.08. The second-order valence-corrected chi connectivity index (χ2v) is 6.19. The molecule has 0 bridgehead atoms. The number of benzene rings is 1. The summed E-state index contributed by atoms with van der Waals surface area (Å²) in [4.78, 5) is 19.7. The molecular formula is C20H20N4O2. The van der Waals surface area contributed by atoms with Crippen molar-refractivity contribution < 1.29 is 9.53 Å². The van der Waals surface area contributed by atoms with Gasteiger partial charge in [0.25, 0.3) is 0 Å². The molecule has 2 aromatic heterocycles. The number of carbonyl (C=O) groups is 1. The van der Waals surface area contributed by atoms with E-state index in [1.54, 1.807) is 6.20 Å². The Labute approximate surface area is 151 Å². The quantitative estimate of drug-likeness (QED) is 0.672. The summed E-state index contributed by atoms with van der Waals surface area (Å²) in [6.45, 7) is 2.08. The maximum absolute atomic E-state index is 12.1. The third kappa shape index (κ3) is 3.60. The predicted octanol–water partition coefficient (Wildman–Crippen LogP) is 3.69. The molecule has 1 aliphatic heterocycles. The second-order valence-electron chi connectivity index (χ2n) is 6.19. The van der Waals surface area contributed by atoms with Crippen molar-refractivity contribution >= 4 is 28.4 Å². The van der Waals surface area contributed by atoms with Crippen molar-refractivity contribution in [3.8, 4) is 0 Å². The maximum atomic E-state index is 12.1. The molecule has 6 nitrogen and oxygen atoms in total. The molecule has 0 saturated heterocycles. The Bertz CT molecular complexity index is 947. The lowest BCUT2D eigenvalue weighted by Gasteiger charge is -2.13. The minimum Gasteiger partial charge on any atom is -0.444 e. The van der Waals surface area contributed by atoms with Crippen molar-refractivity contribution in [1.29, 1.82) is 0 Å². The highest BCUT2D eigenvalue weighted by atomic mass is 16.5. The van der Waals surface area contributed by atoms with Gasteiger partial charge in [-0.3, -0.25) is 5.32 Å². The van der Waals surface area contributed by atoms with E-state index >= 15 is 0 Å². The van der Waals surface area contributed by atoms with Crippen LogP contribution in [0.4, 0.5) is 10.5 Å². The largest absolute Gasteiger partial charge is 0.444 e. The number of hydrogen-bond acceptors (Lipinski definition) is 4. The number of carbonyl (C=O) groups excluding carboxylic acids is 1. The van der Waals surface area contributed by atoms with Crippen molar-refractivity contribution in [3.05, 3.63) is 66.0 Å². The molecule has 0 atom stereocenters. The Hall–Kier alpha value is -3.12. The molecule has 3 aromatic rings. The molecule has 6 heteroatoms. The van der Waals surface area contributed by atoms with Crippen molar-refractivity contribution in [2.24, 2.45) is 0 Å². The molecule has 0 unspecified atom stereocenters. The van der Waals surface area contributed by atoms with Crippen molar-refractivity contribution in [1.82, 2.24) is 15.3 Å². The first-order chi connectivity index (χ1) is 12.8. The highest BCUT2D eigenvalue weighted by molar-refractivity contribution is 5.94. The molecule has 1 amide bonds. The summed E-state index contributed by atoms with van der Waals surface area (Å²) in [5, 5.41) is 7.07. The van der Waals surface area contributed by atoms with Crippen LogP contribution in [0, 0.1) is 0 Å². The summed E-state index contributed by atoms with van der Waals surface area (Å²) in [5.41, 5.74) is 4.80. The molecule has 4 rings (SSSR count). The number of nitrogens with one attached hydrogen (secondary N) is 3. The SMILES string of the molecule is O=C(Nc1cnc2[nH]cc(C3=CCNCC3)c2c1)OCc1ccccc1. The van der Waals surface area contributed by atoms with Crippen LogP contribution in [-0.2, 0) is 11.3 Å². The lowest BCUT2D eigenvalue weighted by Crippen LogP contribution is -2.19. The van der Waals surface area contributed by atoms with Gasteiger partial charge < -0.3 is 15.0 Å². The third-order valence-electron chi connectivity index (χ3n) is 4.40. The van der Waals surface area contributed by atoms with Gasteiger partial charge in [-0.2, -0.15) is 0 Å². The van der Waals surface area contributed by atoms with Gasteiger partial charge in [-0.15, -0.1) is 0 Å². The highest BCUT2D eigenvalue weighted by Gasteiger charge is 2.13. The molecule has 0 fully saturated rings. The van der Waals surface area contributed by atoms with Gasteiger partial charge in [0, 0.05) is 23.7 Å². The van der Waals surface area contributed by atoms with Gasteiger partial charge in [0.05, 0.1) is 11.9 Å². The Balaban J connectivity index is 1.48. The highest BCUT2D eigenvalue weighted by Crippen LogP contribution is 2.28. The first-order valence-corrected chi connectivity index (χ1v) is 8.64. The minimum atomic E-state index is -0.492. The third-order valence-corrected chi connectivity index (χ3v) is 4.40. The number of aromatic nitrogens is 2. The number of fused-ring (bicyclic) bond motifs is 1. The summed E-state index contributed by atoms with van der Waals surface area (Å²) in [6.07, 6.45) is 6.28. The average Bonchev–Trinajstić information content (AvgIpc) is 3.11. The van der Waals surface area contributed by atoms with Crippen LogP contribution in [-0.4, -0.2) is 29.2 Å². The van der Waals surface area contributed by atoms with Gasteiger partial charge in [-0.1, -0.05) is 36.4 Å². The normalized spacial score (nSPS) is 14.1. The molecule has 132 valence electrons. The summed E-state index contributed by atoms with van der Waals surface area (Å²) >= 11 is 0. The first-order valence-electron chi connectivity index (χ1n) is 8.64. The first kappa shape index (κ1) is 16.4. The van der Waals surface area contributed by atoms with Crippen molar-refractivity contribution in [2.75, 3.05) is 18.4 Å². The fourth-order valence-electron chi connectivity index (χ4n) is 3.08. The van der Waals surface area contributed by atoms with E-state index in [0.717, 1.165) is 41.7 Å². The number of hydrogen-bond donors (Lipinski definition) is 3. The van der Waals surface area contributed by atoms with Gasteiger partial charge in [0.15, 0.2) is 0 Å². The summed E-state index contributed by atoms with van der Waals surface area (Å²) in [6, 6.07) is 11.5. The number of ether oxygens (including phenoxy) is 1. The van der Waals surface area contributed by atoms with E-state index in [1.165, 1.54) is 5.57 Å². The number of rotatable bonds is 4. The van der Waals surface area contributed by atoms with Crippen LogP contribution in [0.5, 0.6) is 0 Å². The van der Waals surface area contributed by atoms with Crippen LogP contribution in [0.1, 0.15) is 17.5 Å². The van der Waals surface area contributed by atoms with E-state index in [9.17, 15) is 4.79 Å². The molecule has 26 heavy (non-hydrogen) atoms. The molecule has 0 aliphatic carbocycles. The number of anilines is 1. The van der Waals surface area contributed by atoms with Crippen molar-refractivity contribution in [2.45, 2.75) is 13.0 Å². The van der Waals surface area contributed by atoms with Crippen LogP contribution in [0.3, 0.4) is 0 Å². The molecule has 0 radical (unpaired) electrons. The van der Waals surface area contributed by atoms with Crippen LogP contribution in [0.25, 0.3) is 16.6 Å². The summed E-state index contributed by atoms with van der Waals surface area (Å²) in [7, 11) is 0. The van der Waals surface area contributed by atoms with E-state index in [2.05, 4.69) is 26.7 Å². The van der Waals surface area contributed by atoms with Gasteiger partial charge in [-0.25, -0.2) is 9.78 Å². The topological polar surface area (TPSA) is 79.0 Å². The number of nitrogens with zero attached hydrogens (tertiary/aromatic N) is 1. The van der Waals surface area contributed by atoms with E-state index in [-0.39, 0.29) is 6.61 Å². The molecule has 3 N–H and O–H groups in total. The predicted molar refractivity (Wildman–Crippen MR) is 102 cm³/mol. The zero-order valence-corrected chi connectivity index (χ0v) is 14.3. The Morgan fingerprint density at radius 2 is 2.15 bits per heavy atom. The Kier molecular flexibility index (Phi) is 4.66. The molecule has 0 spiro atoms. The van der Waals surface area contributed by atoms with E-state index in [4.69, 9.17) is 4.74 Å². The van der Waals surface area contributed by atoms with Gasteiger partial charge in [0.2, 0.25) is 0 Å².